The summed E-state index contributed by atoms with van der Waals surface area (Å²) in [5.74, 6) is -0.675. The van der Waals surface area contributed by atoms with Crippen LogP contribution in [-0.2, 0) is 9.53 Å². The van der Waals surface area contributed by atoms with Crippen molar-refractivity contribution >= 4 is 29.0 Å². The summed E-state index contributed by atoms with van der Waals surface area (Å²) in [6.45, 7) is 1.81. The second kappa shape index (κ2) is 8.38. The predicted molar refractivity (Wildman–Crippen MR) is 115 cm³/mol. The first-order valence-corrected chi connectivity index (χ1v) is 10.2. The number of thiazole rings is 1. The van der Waals surface area contributed by atoms with E-state index in [2.05, 4.69) is 16.0 Å². The third kappa shape index (κ3) is 3.53. The number of carbonyl (C=O) groups is 1. The number of hydrogen-bond donors (Lipinski definition) is 1. The summed E-state index contributed by atoms with van der Waals surface area (Å²) < 4.78 is 7.36. The Morgan fingerprint density at radius 3 is 2.52 bits per heavy atom. The molecule has 2 N–H and O–H groups in total. The molecule has 1 aliphatic heterocycles. The number of hydrogen-bond acceptors (Lipinski definition) is 8. The number of rotatable bonds is 4. The lowest BCUT2D eigenvalue weighted by atomic mass is 9.93. The van der Waals surface area contributed by atoms with Crippen molar-refractivity contribution < 1.29 is 9.53 Å². The summed E-state index contributed by atoms with van der Waals surface area (Å²) in [6, 6.07) is 8.28. The molecule has 1 aliphatic rings. The van der Waals surface area contributed by atoms with Crippen LogP contribution in [0.15, 0.2) is 65.1 Å². The number of fused-ring (bicyclic) bond motifs is 1. The van der Waals surface area contributed by atoms with Gasteiger partial charge >= 0.3 is 5.97 Å². The van der Waals surface area contributed by atoms with Gasteiger partial charge in [0.1, 0.15) is 16.3 Å². The van der Waals surface area contributed by atoms with Gasteiger partial charge in [0.2, 0.25) is 0 Å². The summed E-state index contributed by atoms with van der Waals surface area (Å²) in [4.78, 5) is 34.2. The molecular weight excluding hydrogens is 414 g/mol. The van der Waals surface area contributed by atoms with Gasteiger partial charge in [-0.1, -0.05) is 0 Å². The van der Waals surface area contributed by atoms with Crippen molar-refractivity contribution in [2.45, 2.75) is 13.0 Å². The highest BCUT2D eigenvalue weighted by Crippen LogP contribution is 2.30. The third-order valence-electron chi connectivity index (χ3n) is 4.79. The zero-order valence-corrected chi connectivity index (χ0v) is 17.3. The van der Waals surface area contributed by atoms with E-state index < -0.39 is 12.0 Å². The number of allylic oxidation sites excluding steroid dienone is 1. The molecule has 0 fully saturated rings. The molecule has 4 heterocycles. The minimum absolute atomic E-state index is 0.0134. The molecule has 0 bridgehead atoms. The Morgan fingerprint density at radius 1 is 1.26 bits per heavy atom. The number of nitrogens with two attached hydrogens (primary N) is 1. The molecule has 0 aliphatic carbocycles. The predicted octanol–water partition coefficient (Wildman–Crippen LogP) is 0.582. The lowest BCUT2D eigenvalue weighted by Gasteiger charge is -2.24. The van der Waals surface area contributed by atoms with E-state index in [4.69, 9.17) is 10.5 Å². The minimum Gasteiger partial charge on any atom is -0.462 e. The summed E-state index contributed by atoms with van der Waals surface area (Å²) in [5.41, 5.74) is 7.56. The molecule has 31 heavy (non-hydrogen) atoms. The van der Waals surface area contributed by atoms with E-state index in [-0.39, 0.29) is 29.0 Å². The molecule has 0 saturated heterocycles. The molecule has 1 unspecified atom stereocenters. The van der Waals surface area contributed by atoms with E-state index >= 15 is 0 Å². The number of nitrogens with zero attached hydrogens (tertiary/aromatic N) is 4. The van der Waals surface area contributed by atoms with Gasteiger partial charge in [-0.25, -0.2) is 4.79 Å². The Bertz CT molecular complexity index is 1400. The monoisotopic (exact) mass is 431 g/mol. The van der Waals surface area contributed by atoms with Crippen LogP contribution in [0.2, 0.25) is 0 Å². The highest BCUT2D eigenvalue weighted by Gasteiger charge is 2.34. The number of ether oxygens (including phenoxy) is 1. The number of pyridine rings is 2. The standard InChI is InChI=1S/C22H17N5O3S/c1-2-30-22(29)17-18(24)15(12-23)19(14-5-9-26-10-6-14)27-20(28)16(31-21(17)27)11-13-3-7-25-8-4-13/h3-11,19H,2,24H2,1H3. The van der Waals surface area contributed by atoms with Crippen LogP contribution in [0, 0.1) is 11.3 Å². The van der Waals surface area contributed by atoms with Gasteiger partial charge in [0.15, 0.2) is 0 Å². The quantitative estimate of drug-likeness (QED) is 0.599. The van der Waals surface area contributed by atoms with Gasteiger partial charge in [-0.2, -0.15) is 5.26 Å². The molecule has 0 aromatic carbocycles. The Hall–Kier alpha value is -4.03. The summed E-state index contributed by atoms with van der Waals surface area (Å²) in [5, 5.41) is 9.89. The number of aromatic nitrogens is 3. The van der Waals surface area contributed by atoms with Crippen LogP contribution in [0.25, 0.3) is 11.6 Å². The summed E-state index contributed by atoms with van der Waals surface area (Å²) in [7, 11) is 0. The van der Waals surface area contributed by atoms with Crippen molar-refractivity contribution in [3.05, 3.63) is 91.0 Å². The first kappa shape index (κ1) is 20.3. The Labute approximate surface area is 180 Å². The number of carbonyl (C=O) groups excluding carboxylic acids is 1. The first-order valence-electron chi connectivity index (χ1n) is 9.41. The lowest BCUT2D eigenvalue weighted by Crippen LogP contribution is -2.41. The molecule has 154 valence electrons. The van der Waals surface area contributed by atoms with Crippen molar-refractivity contribution in [3.63, 3.8) is 0 Å². The van der Waals surface area contributed by atoms with E-state index in [0.29, 0.717) is 14.8 Å². The first-order chi connectivity index (χ1) is 15.1. The van der Waals surface area contributed by atoms with Crippen LogP contribution in [0.1, 0.15) is 24.1 Å². The molecule has 1 atom stereocenters. The van der Waals surface area contributed by atoms with Gasteiger partial charge in [-0.15, -0.1) is 11.3 Å². The van der Waals surface area contributed by atoms with Gasteiger partial charge in [0, 0.05) is 24.8 Å². The molecule has 0 amide bonds. The van der Waals surface area contributed by atoms with E-state index in [1.54, 1.807) is 62.1 Å². The number of nitriles is 1. The second-order valence-corrected chi connectivity index (χ2v) is 7.62. The SMILES string of the molecule is CCOC(=O)C1=c2sc(=Cc3ccncc3)c(=O)n2C(c2ccncc2)C(C#N)=C1N. The fraction of sp³-hybridized carbons (Fsp3) is 0.136. The van der Waals surface area contributed by atoms with Crippen molar-refractivity contribution in [2.24, 2.45) is 5.73 Å². The van der Waals surface area contributed by atoms with Crippen LogP contribution >= 0.6 is 11.3 Å². The molecule has 4 rings (SSSR count). The number of esters is 1. The normalized spacial score (nSPS) is 16.1. The van der Waals surface area contributed by atoms with Crippen molar-refractivity contribution in [3.8, 4) is 6.07 Å². The van der Waals surface area contributed by atoms with Crippen LogP contribution in [0.5, 0.6) is 0 Å². The fourth-order valence-electron chi connectivity index (χ4n) is 3.43. The van der Waals surface area contributed by atoms with Crippen molar-refractivity contribution in [2.75, 3.05) is 6.61 Å². The highest BCUT2D eigenvalue weighted by atomic mass is 32.1. The zero-order valence-electron chi connectivity index (χ0n) is 16.5. The maximum absolute atomic E-state index is 13.5. The zero-order chi connectivity index (χ0) is 22.0. The molecule has 0 spiro atoms. The molecule has 3 aromatic heterocycles. The van der Waals surface area contributed by atoms with E-state index in [1.165, 1.54) is 4.57 Å². The van der Waals surface area contributed by atoms with E-state index in [1.807, 2.05) is 0 Å². The average Bonchev–Trinajstić information content (AvgIpc) is 3.09. The van der Waals surface area contributed by atoms with Gasteiger partial charge in [-0.05, 0) is 48.4 Å². The molecule has 8 nitrogen and oxygen atoms in total. The minimum atomic E-state index is -0.774. The van der Waals surface area contributed by atoms with E-state index in [0.717, 1.165) is 16.9 Å². The topological polar surface area (TPSA) is 124 Å². The Kier molecular flexibility index (Phi) is 5.47. The molecule has 9 heteroatoms. The summed E-state index contributed by atoms with van der Waals surface area (Å²) in [6.07, 6.45) is 8.12. The Balaban J connectivity index is 2.10. The highest BCUT2D eigenvalue weighted by molar-refractivity contribution is 7.07. The van der Waals surface area contributed by atoms with Gasteiger partial charge < -0.3 is 10.5 Å². The average molecular weight is 431 g/mol. The van der Waals surface area contributed by atoms with Gasteiger partial charge in [-0.3, -0.25) is 19.3 Å². The van der Waals surface area contributed by atoms with Crippen LogP contribution in [-0.4, -0.2) is 27.1 Å². The van der Waals surface area contributed by atoms with E-state index in [9.17, 15) is 14.9 Å². The van der Waals surface area contributed by atoms with Crippen LogP contribution in [0.4, 0.5) is 0 Å². The molecule has 3 aromatic rings. The maximum Gasteiger partial charge on any atom is 0.343 e. The van der Waals surface area contributed by atoms with Crippen LogP contribution < -0.4 is 20.5 Å². The smallest absolute Gasteiger partial charge is 0.343 e. The van der Waals surface area contributed by atoms with Gasteiger partial charge in [0.05, 0.1) is 28.5 Å². The van der Waals surface area contributed by atoms with Crippen molar-refractivity contribution in [1.29, 1.82) is 5.26 Å². The van der Waals surface area contributed by atoms with Crippen LogP contribution in [0.3, 0.4) is 0 Å². The second-order valence-electron chi connectivity index (χ2n) is 6.59. The fourth-order valence-corrected chi connectivity index (χ4v) is 4.60. The molecule has 0 saturated carbocycles. The van der Waals surface area contributed by atoms with Gasteiger partial charge in [0.25, 0.3) is 5.56 Å². The Morgan fingerprint density at radius 2 is 1.90 bits per heavy atom. The largest absolute Gasteiger partial charge is 0.462 e. The lowest BCUT2D eigenvalue weighted by molar-refractivity contribution is -0.136. The summed E-state index contributed by atoms with van der Waals surface area (Å²) >= 11 is 1.13. The maximum atomic E-state index is 13.5. The third-order valence-corrected chi connectivity index (χ3v) is 5.89. The molecular formula is C22H17N5O3S. The van der Waals surface area contributed by atoms with Crippen molar-refractivity contribution in [1.82, 2.24) is 14.5 Å². The molecule has 0 radical (unpaired) electrons.